The second-order valence-corrected chi connectivity index (χ2v) is 11.0. The Morgan fingerprint density at radius 2 is 1.63 bits per heavy atom. The molecule has 7 heteroatoms. The fourth-order valence-electron chi connectivity index (χ4n) is 6.91. The van der Waals surface area contributed by atoms with Gasteiger partial charge in [0, 0.05) is 28.0 Å². The van der Waals surface area contributed by atoms with Crippen LogP contribution in [0.25, 0.3) is 6.08 Å². The standard InChI is InChI=1S/C34H25ClN2O4/c1-41-24-9-6-8-22(19-24)31(39)29-28(30(38)21-13-15-23(35)16-14-21)34(26-11-4-5-12-27(26)36-33(34)40)32-25-10-3-2-7-20(25)17-18-37(29)32/h2-19,28-29,32H,1H3,(H,36,40)/t28-,29-,32-,34+/m1/s1. The molecule has 3 aliphatic heterocycles. The first-order chi connectivity index (χ1) is 19.9. The molecule has 3 heterocycles. The lowest BCUT2D eigenvalue weighted by Gasteiger charge is -2.38. The lowest BCUT2D eigenvalue weighted by atomic mass is 9.62. The zero-order valence-electron chi connectivity index (χ0n) is 22.1. The van der Waals surface area contributed by atoms with Crippen molar-refractivity contribution in [3.8, 4) is 5.75 Å². The number of nitrogens with zero attached hydrogens (tertiary/aromatic N) is 1. The van der Waals surface area contributed by atoms with Crippen LogP contribution in [0.3, 0.4) is 0 Å². The zero-order chi connectivity index (χ0) is 28.3. The van der Waals surface area contributed by atoms with Crippen LogP contribution in [-0.4, -0.2) is 35.5 Å². The Kier molecular flexibility index (Phi) is 5.84. The number of para-hydroxylation sites is 1. The largest absolute Gasteiger partial charge is 0.497 e. The van der Waals surface area contributed by atoms with E-state index in [1.54, 1.807) is 55.6 Å². The first kappa shape index (κ1) is 25.3. The molecular weight excluding hydrogens is 536 g/mol. The van der Waals surface area contributed by atoms with E-state index in [9.17, 15) is 14.4 Å². The minimum absolute atomic E-state index is 0.265. The lowest BCUT2D eigenvalue weighted by molar-refractivity contribution is -0.122. The fraction of sp³-hybridized carbons (Fsp3) is 0.147. The highest BCUT2D eigenvalue weighted by atomic mass is 35.5. The number of anilines is 1. The molecule has 0 unspecified atom stereocenters. The molecule has 41 heavy (non-hydrogen) atoms. The predicted molar refractivity (Wildman–Crippen MR) is 157 cm³/mol. The van der Waals surface area contributed by atoms with E-state index in [2.05, 4.69) is 5.32 Å². The van der Waals surface area contributed by atoms with Gasteiger partial charge in [0.05, 0.1) is 19.1 Å². The Bertz CT molecular complexity index is 1760. The average molecular weight is 561 g/mol. The van der Waals surface area contributed by atoms with Gasteiger partial charge in [0.1, 0.15) is 17.2 Å². The van der Waals surface area contributed by atoms with Crippen LogP contribution >= 0.6 is 11.6 Å². The summed E-state index contributed by atoms with van der Waals surface area (Å²) >= 11 is 6.17. The van der Waals surface area contributed by atoms with Gasteiger partial charge in [-0.3, -0.25) is 14.4 Å². The summed E-state index contributed by atoms with van der Waals surface area (Å²) in [7, 11) is 1.54. The summed E-state index contributed by atoms with van der Waals surface area (Å²) in [6.45, 7) is 0. The number of hydrogen-bond acceptors (Lipinski definition) is 5. The number of Topliss-reactive ketones (excluding diaryl/α,β-unsaturated/α-hetero) is 2. The normalized spacial score (nSPS) is 23.5. The average Bonchev–Trinajstić information content (AvgIpc) is 3.49. The van der Waals surface area contributed by atoms with Crippen molar-refractivity contribution in [3.05, 3.63) is 136 Å². The fourth-order valence-corrected chi connectivity index (χ4v) is 7.03. The number of halogens is 1. The third-order valence-corrected chi connectivity index (χ3v) is 8.86. The van der Waals surface area contributed by atoms with Gasteiger partial charge < -0.3 is 15.0 Å². The summed E-state index contributed by atoms with van der Waals surface area (Å²) < 4.78 is 5.41. The number of carbonyl (C=O) groups is 3. The summed E-state index contributed by atoms with van der Waals surface area (Å²) in [6.07, 6.45) is 3.81. The van der Waals surface area contributed by atoms with E-state index in [1.807, 2.05) is 65.7 Å². The SMILES string of the molecule is COc1cccc(C(=O)[C@H]2[C@H](C(=O)c3ccc(Cl)cc3)[C@]3(C(=O)Nc4ccccc43)[C@H]3c4ccccc4C=CN23)c1. The van der Waals surface area contributed by atoms with E-state index in [0.29, 0.717) is 33.1 Å². The van der Waals surface area contributed by atoms with Crippen LogP contribution in [0.4, 0.5) is 5.69 Å². The van der Waals surface area contributed by atoms with Crippen LogP contribution in [0.15, 0.2) is 103 Å². The number of methoxy groups -OCH3 is 1. The molecule has 202 valence electrons. The van der Waals surface area contributed by atoms with E-state index in [-0.39, 0.29) is 17.5 Å². The Morgan fingerprint density at radius 3 is 2.44 bits per heavy atom. The van der Waals surface area contributed by atoms with Gasteiger partial charge >= 0.3 is 0 Å². The van der Waals surface area contributed by atoms with Crippen molar-refractivity contribution in [1.29, 1.82) is 0 Å². The van der Waals surface area contributed by atoms with E-state index in [4.69, 9.17) is 16.3 Å². The highest BCUT2D eigenvalue weighted by Gasteiger charge is 2.70. The van der Waals surface area contributed by atoms with Crippen LogP contribution in [0.2, 0.25) is 5.02 Å². The van der Waals surface area contributed by atoms with E-state index >= 15 is 0 Å². The molecule has 4 aromatic rings. The van der Waals surface area contributed by atoms with Crippen molar-refractivity contribution >= 4 is 40.8 Å². The van der Waals surface area contributed by atoms with Crippen LogP contribution < -0.4 is 10.1 Å². The number of ketones is 2. The maximum atomic E-state index is 14.7. The van der Waals surface area contributed by atoms with E-state index in [1.165, 1.54) is 0 Å². The molecule has 1 N–H and O–H groups in total. The monoisotopic (exact) mass is 560 g/mol. The zero-order valence-corrected chi connectivity index (χ0v) is 22.8. The number of amides is 1. The van der Waals surface area contributed by atoms with Crippen molar-refractivity contribution < 1.29 is 19.1 Å². The van der Waals surface area contributed by atoms with Crippen molar-refractivity contribution in [2.24, 2.45) is 5.92 Å². The topological polar surface area (TPSA) is 75.7 Å². The molecule has 1 saturated heterocycles. The van der Waals surface area contributed by atoms with Crippen LogP contribution in [0.1, 0.15) is 43.4 Å². The number of carbonyl (C=O) groups excluding carboxylic acids is 3. The minimum atomic E-state index is -1.38. The van der Waals surface area contributed by atoms with Crippen molar-refractivity contribution in [3.63, 3.8) is 0 Å². The molecule has 4 atom stereocenters. The summed E-state index contributed by atoms with van der Waals surface area (Å²) in [4.78, 5) is 45.7. The summed E-state index contributed by atoms with van der Waals surface area (Å²) in [6, 6.07) is 27.3. The number of nitrogens with one attached hydrogen (secondary N) is 1. The summed E-state index contributed by atoms with van der Waals surface area (Å²) in [5.41, 5.74) is 2.59. The Labute approximate surface area is 242 Å². The van der Waals surface area contributed by atoms with Crippen LogP contribution in [-0.2, 0) is 10.2 Å². The maximum Gasteiger partial charge on any atom is 0.238 e. The highest BCUT2D eigenvalue weighted by molar-refractivity contribution is 6.30. The molecule has 0 radical (unpaired) electrons. The third-order valence-electron chi connectivity index (χ3n) is 8.60. The first-order valence-corrected chi connectivity index (χ1v) is 13.8. The van der Waals surface area contributed by atoms with Gasteiger partial charge in [0.15, 0.2) is 11.6 Å². The molecule has 0 aromatic heterocycles. The first-order valence-electron chi connectivity index (χ1n) is 13.4. The summed E-state index contributed by atoms with van der Waals surface area (Å²) in [5, 5.41) is 3.55. The second kappa shape index (κ2) is 9.46. The molecule has 7 rings (SSSR count). The second-order valence-electron chi connectivity index (χ2n) is 10.6. The molecule has 3 aliphatic rings. The molecule has 0 aliphatic carbocycles. The molecule has 6 nitrogen and oxygen atoms in total. The van der Waals surface area contributed by atoms with Gasteiger partial charge in [-0.05, 0) is 65.2 Å². The van der Waals surface area contributed by atoms with Gasteiger partial charge in [-0.15, -0.1) is 0 Å². The molecule has 0 saturated carbocycles. The van der Waals surface area contributed by atoms with Crippen LogP contribution in [0.5, 0.6) is 5.75 Å². The van der Waals surface area contributed by atoms with E-state index < -0.39 is 23.4 Å². The Balaban J connectivity index is 1.53. The lowest BCUT2D eigenvalue weighted by Crippen LogP contribution is -2.49. The van der Waals surface area contributed by atoms with Gasteiger partial charge in [-0.25, -0.2) is 0 Å². The number of benzene rings is 4. The molecule has 1 fully saturated rings. The van der Waals surface area contributed by atoms with Crippen molar-refractivity contribution in [2.45, 2.75) is 17.5 Å². The van der Waals surface area contributed by atoms with Crippen molar-refractivity contribution in [1.82, 2.24) is 4.90 Å². The van der Waals surface area contributed by atoms with Gasteiger partial charge in [0.2, 0.25) is 5.91 Å². The van der Waals surface area contributed by atoms with E-state index in [0.717, 1.165) is 11.1 Å². The van der Waals surface area contributed by atoms with Gasteiger partial charge in [-0.1, -0.05) is 66.2 Å². The van der Waals surface area contributed by atoms with Crippen molar-refractivity contribution in [2.75, 3.05) is 12.4 Å². The maximum absolute atomic E-state index is 14.7. The molecule has 4 aromatic carbocycles. The summed E-state index contributed by atoms with van der Waals surface area (Å²) in [5.74, 6) is -1.38. The predicted octanol–water partition coefficient (Wildman–Crippen LogP) is 6.33. The quantitative estimate of drug-likeness (QED) is 0.289. The third kappa shape index (κ3) is 3.60. The van der Waals surface area contributed by atoms with Gasteiger partial charge in [0.25, 0.3) is 0 Å². The molecule has 1 spiro atoms. The minimum Gasteiger partial charge on any atom is -0.497 e. The number of rotatable bonds is 5. The molecule has 0 bridgehead atoms. The Hall–Kier alpha value is -4.68. The van der Waals surface area contributed by atoms with Crippen LogP contribution in [0, 0.1) is 5.92 Å². The number of hydrogen-bond donors (Lipinski definition) is 1. The Morgan fingerprint density at radius 1 is 0.878 bits per heavy atom. The molecular formula is C34H25ClN2O4. The number of ether oxygens (including phenoxy) is 1. The highest BCUT2D eigenvalue weighted by Crippen LogP contribution is 2.62. The smallest absolute Gasteiger partial charge is 0.238 e. The number of fused-ring (bicyclic) bond motifs is 6. The molecule has 1 amide bonds. The van der Waals surface area contributed by atoms with Gasteiger partial charge in [-0.2, -0.15) is 0 Å².